The summed E-state index contributed by atoms with van der Waals surface area (Å²) in [6.07, 6.45) is 1.05. The minimum absolute atomic E-state index is 0.173. The SMILES string of the molecule is CCc1ccc(C(N)c2cc(C)c(C)o2)cc1. The van der Waals surface area contributed by atoms with Gasteiger partial charge in [-0.3, -0.25) is 0 Å². The lowest BCUT2D eigenvalue weighted by Gasteiger charge is -2.09. The Morgan fingerprint density at radius 2 is 1.82 bits per heavy atom. The van der Waals surface area contributed by atoms with Gasteiger partial charge in [-0.15, -0.1) is 0 Å². The van der Waals surface area contributed by atoms with Crippen LogP contribution in [0.4, 0.5) is 0 Å². The summed E-state index contributed by atoms with van der Waals surface area (Å²) in [5.74, 6) is 1.78. The molecular weight excluding hydrogens is 210 g/mol. The highest BCUT2D eigenvalue weighted by molar-refractivity contribution is 5.31. The van der Waals surface area contributed by atoms with Crippen LogP contribution in [0, 0.1) is 13.8 Å². The topological polar surface area (TPSA) is 39.2 Å². The second-order valence-electron chi connectivity index (χ2n) is 4.46. The average molecular weight is 229 g/mol. The monoisotopic (exact) mass is 229 g/mol. The first-order chi connectivity index (χ1) is 8.11. The number of benzene rings is 1. The van der Waals surface area contributed by atoms with E-state index in [0.717, 1.165) is 29.1 Å². The molecule has 1 heterocycles. The van der Waals surface area contributed by atoms with Crippen molar-refractivity contribution in [2.24, 2.45) is 5.73 Å². The van der Waals surface area contributed by atoms with Gasteiger partial charge < -0.3 is 10.2 Å². The minimum Gasteiger partial charge on any atom is -0.464 e. The van der Waals surface area contributed by atoms with Gasteiger partial charge in [-0.2, -0.15) is 0 Å². The van der Waals surface area contributed by atoms with Crippen molar-refractivity contribution >= 4 is 0 Å². The highest BCUT2D eigenvalue weighted by atomic mass is 16.3. The predicted octanol–water partition coefficient (Wildman–Crippen LogP) is 3.51. The van der Waals surface area contributed by atoms with Gasteiger partial charge in [0.2, 0.25) is 0 Å². The molecule has 1 atom stereocenters. The number of hydrogen-bond acceptors (Lipinski definition) is 2. The molecule has 2 heteroatoms. The first-order valence-corrected chi connectivity index (χ1v) is 6.03. The summed E-state index contributed by atoms with van der Waals surface area (Å²) < 4.78 is 5.66. The lowest BCUT2D eigenvalue weighted by Crippen LogP contribution is -2.10. The van der Waals surface area contributed by atoms with Crippen LogP contribution in [-0.2, 0) is 6.42 Å². The molecule has 17 heavy (non-hydrogen) atoms. The van der Waals surface area contributed by atoms with Crippen LogP contribution in [0.2, 0.25) is 0 Å². The molecule has 2 nitrogen and oxygen atoms in total. The summed E-state index contributed by atoms with van der Waals surface area (Å²) in [6.45, 7) is 6.15. The number of furan rings is 1. The van der Waals surface area contributed by atoms with Crippen LogP contribution in [0.5, 0.6) is 0 Å². The Balaban J connectivity index is 2.26. The highest BCUT2D eigenvalue weighted by Crippen LogP contribution is 2.24. The van der Waals surface area contributed by atoms with Crippen molar-refractivity contribution in [3.8, 4) is 0 Å². The van der Waals surface area contributed by atoms with Gasteiger partial charge in [0.05, 0.1) is 6.04 Å². The van der Waals surface area contributed by atoms with E-state index in [-0.39, 0.29) is 6.04 Å². The summed E-state index contributed by atoms with van der Waals surface area (Å²) in [6, 6.07) is 10.3. The van der Waals surface area contributed by atoms with Gasteiger partial charge in [0.15, 0.2) is 0 Å². The number of rotatable bonds is 3. The molecule has 1 unspecified atom stereocenters. The fourth-order valence-electron chi connectivity index (χ4n) is 1.88. The first kappa shape index (κ1) is 11.9. The third kappa shape index (κ3) is 2.42. The maximum absolute atomic E-state index is 6.20. The van der Waals surface area contributed by atoms with E-state index in [1.807, 2.05) is 19.9 Å². The molecule has 1 aromatic heterocycles. The summed E-state index contributed by atoms with van der Waals surface area (Å²) in [7, 11) is 0. The molecule has 2 rings (SSSR count). The number of nitrogens with two attached hydrogens (primary N) is 1. The van der Waals surface area contributed by atoms with Crippen LogP contribution in [0.3, 0.4) is 0 Å². The average Bonchev–Trinajstić information content (AvgIpc) is 2.69. The molecular formula is C15H19NO. The normalized spacial score (nSPS) is 12.7. The van der Waals surface area contributed by atoms with Crippen LogP contribution in [-0.4, -0.2) is 0 Å². The fraction of sp³-hybridized carbons (Fsp3) is 0.333. The largest absolute Gasteiger partial charge is 0.464 e. The predicted molar refractivity (Wildman–Crippen MR) is 70.0 cm³/mol. The van der Waals surface area contributed by atoms with Crippen molar-refractivity contribution in [3.05, 3.63) is 58.5 Å². The molecule has 0 radical (unpaired) electrons. The van der Waals surface area contributed by atoms with E-state index in [9.17, 15) is 0 Å². The molecule has 0 spiro atoms. The lowest BCUT2D eigenvalue weighted by atomic mass is 10.0. The quantitative estimate of drug-likeness (QED) is 0.874. The van der Waals surface area contributed by atoms with Crippen LogP contribution in [0.1, 0.15) is 41.2 Å². The molecule has 0 aliphatic carbocycles. The maximum atomic E-state index is 6.20. The van der Waals surface area contributed by atoms with Crippen molar-refractivity contribution in [2.75, 3.05) is 0 Å². The van der Waals surface area contributed by atoms with Crippen LogP contribution in [0.15, 0.2) is 34.7 Å². The van der Waals surface area contributed by atoms with Gasteiger partial charge >= 0.3 is 0 Å². The minimum atomic E-state index is -0.173. The summed E-state index contributed by atoms with van der Waals surface area (Å²) in [4.78, 5) is 0. The maximum Gasteiger partial charge on any atom is 0.125 e. The smallest absolute Gasteiger partial charge is 0.125 e. The standard InChI is InChI=1S/C15H19NO/c1-4-12-5-7-13(8-6-12)15(16)14-9-10(2)11(3)17-14/h5-9,15H,4,16H2,1-3H3. The second-order valence-corrected chi connectivity index (χ2v) is 4.46. The Labute approximate surface area is 102 Å². The Kier molecular flexibility index (Phi) is 3.34. The van der Waals surface area contributed by atoms with Gasteiger partial charge in [-0.1, -0.05) is 31.2 Å². The Morgan fingerprint density at radius 1 is 1.18 bits per heavy atom. The highest BCUT2D eigenvalue weighted by Gasteiger charge is 2.14. The molecule has 0 aliphatic rings. The molecule has 0 bridgehead atoms. The van der Waals surface area contributed by atoms with E-state index in [0.29, 0.717) is 0 Å². The van der Waals surface area contributed by atoms with E-state index in [1.54, 1.807) is 0 Å². The zero-order chi connectivity index (χ0) is 12.4. The van der Waals surface area contributed by atoms with Crippen molar-refractivity contribution < 1.29 is 4.42 Å². The van der Waals surface area contributed by atoms with E-state index >= 15 is 0 Å². The third-order valence-corrected chi connectivity index (χ3v) is 3.24. The zero-order valence-corrected chi connectivity index (χ0v) is 10.7. The van der Waals surface area contributed by atoms with Crippen LogP contribution < -0.4 is 5.73 Å². The van der Waals surface area contributed by atoms with Crippen molar-refractivity contribution in [3.63, 3.8) is 0 Å². The summed E-state index contributed by atoms with van der Waals surface area (Å²) >= 11 is 0. The first-order valence-electron chi connectivity index (χ1n) is 6.03. The van der Waals surface area contributed by atoms with Gasteiger partial charge in [0.25, 0.3) is 0 Å². The number of hydrogen-bond donors (Lipinski definition) is 1. The Bertz CT molecular complexity index is 477. The summed E-state index contributed by atoms with van der Waals surface area (Å²) in [5.41, 5.74) is 9.77. The van der Waals surface area contributed by atoms with Gasteiger partial charge in [0.1, 0.15) is 11.5 Å². The van der Waals surface area contributed by atoms with E-state index in [1.165, 1.54) is 5.56 Å². The lowest BCUT2D eigenvalue weighted by molar-refractivity contribution is 0.465. The van der Waals surface area contributed by atoms with E-state index in [2.05, 4.69) is 31.2 Å². The molecule has 0 aliphatic heterocycles. The van der Waals surface area contributed by atoms with Crippen LogP contribution in [0.25, 0.3) is 0 Å². The van der Waals surface area contributed by atoms with Crippen molar-refractivity contribution in [1.82, 2.24) is 0 Å². The van der Waals surface area contributed by atoms with Gasteiger partial charge in [0, 0.05) is 0 Å². The van der Waals surface area contributed by atoms with Crippen LogP contribution >= 0.6 is 0 Å². The van der Waals surface area contributed by atoms with E-state index in [4.69, 9.17) is 10.2 Å². The number of aryl methyl sites for hydroxylation is 3. The van der Waals surface area contributed by atoms with Gasteiger partial charge in [-0.25, -0.2) is 0 Å². The second kappa shape index (κ2) is 4.76. The van der Waals surface area contributed by atoms with Crippen molar-refractivity contribution in [1.29, 1.82) is 0 Å². The Morgan fingerprint density at radius 3 is 2.29 bits per heavy atom. The molecule has 2 N–H and O–H groups in total. The molecule has 1 aromatic carbocycles. The summed E-state index contributed by atoms with van der Waals surface area (Å²) in [5, 5.41) is 0. The van der Waals surface area contributed by atoms with E-state index < -0.39 is 0 Å². The Hall–Kier alpha value is -1.54. The molecule has 0 saturated heterocycles. The molecule has 90 valence electrons. The molecule has 0 fully saturated rings. The van der Waals surface area contributed by atoms with Crippen molar-refractivity contribution in [2.45, 2.75) is 33.2 Å². The fourth-order valence-corrected chi connectivity index (χ4v) is 1.88. The molecule has 2 aromatic rings. The third-order valence-electron chi connectivity index (χ3n) is 3.24. The molecule has 0 saturated carbocycles. The molecule has 0 amide bonds. The van der Waals surface area contributed by atoms with Gasteiger partial charge in [-0.05, 0) is 43.0 Å². The zero-order valence-electron chi connectivity index (χ0n) is 10.7.